The van der Waals surface area contributed by atoms with Crippen LogP contribution in [0.4, 0.5) is 0 Å². The van der Waals surface area contributed by atoms with Gasteiger partial charge < -0.3 is 0 Å². The second kappa shape index (κ2) is 16.0. The average molecular weight is 877 g/mol. The zero-order valence-corrected chi connectivity index (χ0v) is 36.6. The molecule has 314 valence electrons. The van der Waals surface area contributed by atoms with Gasteiger partial charge in [0.1, 0.15) is 10.0 Å². The molecule has 8 aromatic carbocycles. The molecule has 5 heterocycles. The van der Waals surface area contributed by atoms with Crippen LogP contribution < -0.4 is 0 Å². The smallest absolute Gasteiger partial charge is 0.235 e. The summed E-state index contributed by atoms with van der Waals surface area (Å²) in [5.41, 5.74) is 13.3. The molecule has 67 heavy (non-hydrogen) atoms. The van der Waals surface area contributed by atoms with Gasteiger partial charge in [0.25, 0.3) is 0 Å². The van der Waals surface area contributed by atoms with Crippen LogP contribution in [-0.2, 0) is 0 Å². The summed E-state index contributed by atoms with van der Waals surface area (Å²) in [6.45, 7) is 0. The Hall–Kier alpha value is -8.92. The average Bonchev–Trinajstić information content (AvgIpc) is 4.13. The summed E-state index contributed by atoms with van der Waals surface area (Å²) in [4.78, 5) is 21.1. The number of nitrogens with zero attached hydrogens (tertiary/aromatic N) is 8. The highest BCUT2D eigenvalue weighted by molar-refractivity contribution is 7.18. The van der Waals surface area contributed by atoms with Crippen molar-refractivity contribution in [1.29, 1.82) is 0 Å². The van der Waals surface area contributed by atoms with E-state index in [1.54, 1.807) is 11.3 Å². The Morgan fingerprint density at radius 1 is 0.313 bits per heavy atom. The Morgan fingerprint density at radius 3 is 1.24 bits per heavy atom. The molecule has 0 aliphatic heterocycles. The Balaban J connectivity index is 1.00. The van der Waals surface area contributed by atoms with Crippen molar-refractivity contribution in [2.75, 3.05) is 0 Å². The normalized spacial score (nSPS) is 11.6. The first-order valence-corrected chi connectivity index (χ1v) is 22.9. The molecule has 0 bridgehead atoms. The lowest BCUT2D eigenvalue weighted by Crippen LogP contribution is -2.04. The molecule has 0 unspecified atom stereocenters. The first-order chi connectivity index (χ1) is 33.2. The fourth-order valence-corrected chi connectivity index (χ4v) is 10.3. The lowest BCUT2D eigenvalue weighted by atomic mass is 10.1. The number of fused-ring (bicyclic) bond motifs is 6. The second-order valence-electron chi connectivity index (χ2n) is 16.4. The summed E-state index contributed by atoms with van der Waals surface area (Å²) in [5, 5.41) is 15.9. The molecular weight excluding hydrogens is 841 g/mol. The van der Waals surface area contributed by atoms with Crippen molar-refractivity contribution in [1.82, 2.24) is 39.3 Å². The SMILES string of the molecule is c1ccc(-c2cc(-c3ccccc3)nc(-n3c4ccccc4c4c(-c5nnc(-c6cccc7c8ccccc8n(-c8nc(-c9ccccc9)cc(-c9ccccc9)n8)c67)s5)cccc43)n2)cc1. The van der Waals surface area contributed by atoms with E-state index in [-0.39, 0.29) is 0 Å². The van der Waals surface area contributed by atoms with Crippen LogP contribution in [0.3, 0.4) is 0 Å². The molecule has 0 atom stereocenters. The molecule has 13 rings (SSSR count). The van der Waals surface area contributed by atoms with Crippen molar-refractivity contribution in [3.05, 3.63) is 218 Å². The topological polar surface area (TPSA) is 87.2 Å². The van der Waals surface area contributed by atoms with Crippen LogP contribution in [0.1, 0.15) is 0 Å². The number of benzene rings is 8. The van der Waals surface area contributed by atoms with Crippen LogP contribution in [0.25, 0.3) is 122 Å². The molecular formula is C58H36N8S. The van der Waals surface area contributed by atoms with Gasteiger partial charge in [0, 0.05) is 54.9 Å². The van der Waals surface area contributed by atoms with Crippen molar-refractivity contribution >= 4 is 54.9 Å². The van der Waals surface area contributed by atoms with Gasteiger partial charge >= 0.3 is 0 Å². The molecule has 0 N–H and O–H groups in total. The van der Waals surface area contributed by atoms with E-state index >= 15 is 0 Å². The van der Waals surface area contributed by atoms with Gasteiger partial charge in [-0.05, 0) is 36.4 Å². The number of hydrogen-bond acceptors (Lipinski definition) is 7. The maximum atomic E-state index is 5.30. The van der Waals surface area contributed by atoms with Gasteiger partial charge in [-0.2, -0.15) is 0 Å². The van der Waals surface area contributed by atoms with Crippen molar-refractivity contribution in [2.24, 2.45) is 0 Å². The highest BCUT2D eigenvalue weighted by Gasteiger charge is 2.24. The van der Waals surface area contributed by atoms with Gasteiger partial charge in [-0.25, -0.2) is 19.9 Å². The molecule has 13 aromatic rings. The summed E-state index contributed by atoms with van der Waals surface area (Å²) in [6.07, 6.45) is 0. The summed E-state index contributed by atoms with van der Waals surface area (Å²) < 4.78 is 4.38. The van der Waals surface area contributed by atoms with E-state index in [9.17, 15) is 0 Å². The molecule has 0 fully saturated rings. The van der Waals surface area contributed by atoms with Gasteiger partial charge in [0.2, 0.25) is 11.9 Å². The van der Waals surface area contributed by atoms with Crippen molar-refractivity contribution in [3.63, 3.8) is 0 Å². The summed E-state index contributed by atoms with van der Waals surface area (Å²) in [6, 6.07) is 75.1. The zero-order valence-electron chi connectivity index (χ0n) is 35.8. The minimum atomic E-state index is 0.579. The lowest BCUT2D eigenvalue weighted by molar-refractivity contribution is 0.995. The van der Waals surface area contributed by atoms with E-state index in [1.165, 1.54) is 0 Å². The third kappa shape index (κ3) is 6.59. The molecule has 0 aliphatic carbocycles. The zero-order chi connectivity index (χ0) is 44.3. The molecule has 0 spiro atoms. The summed E-state index contributed by atoms with van der Waals surface area (Å²) >= 11 is 1.58. The van der Waals surface area contributed by atoms with Gasteiger partial charge in [-0.1, -0.05) is 193 Å². The monoisotopic (exact) mass is 876 g/mol. The third-order valence-corrected chi connectivity index (χ3v) is 13.4. The fourth-order valence-electron chi connectivity index (χ4n) is 9.35. The quantitative estimate of drug-likeness (QED) is 0.151. The molecule has 0 aliphatic rings. The van der Waals surface area contributed by atoms with Gasteiger partial charge in [-0.3, -0.25) is 9.13 Å². The summed E-state index contributed by atoms with van der Waals surface area (Å²) in [7, 11) is 0. The standard InChI is InChI=1S/C58H36N8S/c1-5-19-37(20-6-1)46-35-47(38-21-7-2-8-22-38)60-57(59-46)65-51-33-16-14-28-43(51)53-44(30-18-34-52(53)65)55-63-64-56(67-55)45-31-17-29-42-41-27-13-15-32-50(41)66(54(42)45)58-61-48(39-23-9-3-10-24-39)36-49(62-58)40-25-11-4-12-26-40/h1-36H. The van der Waals surface area contributed by atoms with Crippen LogP contribution in [0.2, 0.25) is 0 Å². The van der Waals surface area contributed by atoms with Crippen molar-refractivity contribution in [2.45, 2.75) is 0 Å². The van der Waals surface area contributed by atoms with Crippen LogP contribution in [0.15, 0.2) is 218 Å². The Morgan fingerprint density at radius 2 is 0.701 bits per heavy atom. The Labute approximate surface area is 388 Å². The Kier molecular flexibility index (Phi) is 9.17. The second-order valence-corrected chi connectivity index (χ2v) is 17.3. The predicted octanol–water partition coefficient (Wildman–Crippen LogP) is 14.3. The van der Waals surface area contributed by atoms with Crippen molar-refractivity contribution in [3.8, 4) is 78.1 Å². The molecule has 0 radical (unpaired) electrons. The fraction of sp³-hybridized carbons (Fsp3) is 0. The van der Waals surface area contributed by atoms with E-state index in [4.69, 9.17) is 30.1 Å². The van der Waals surface area contributed by atoms with Crippen LogP contribution >= 0.6 is 11.3 Å². The number of para-hydroxylation sites is 3. The highest BCUT2D eigenvalue weighted by Crippen LogP contribution is 2.43. The van der Waals surface area contributed by atoms with Crippen LogP contribution in [0, 0.1) is 0 Å². The van der Waals surface area contributed by atoms with Crippen molar-refractivity contribution < 1.29 is 0 Å². The molecule has 8 nitrogen and oxygen atoms in total. The minimum Gasteiger partial charge on any atom is -0.278 e. The third-order valence-electron chi connectivity index (χ3n) is 12.4. The molecule has 9 heteroatoms. The van der Waals surface area contributed by atoms with Crippen LogP contribution in [-0.4, -0.2) is 39.3 Å². The first-order valence-electron chi connectivity index (χ1n) is 22.1. The summed E-state index contributed by atoms with van der Waals surface area (Å²) in [5.74, 6) is 1.17. The highest BCUT2D eigenvalue weighted by atomic mass is 32.1. The lowest BCUT2D eigenvalue weighted by Gasteiger charge is -2.12. The molecule has 0 saturated carbocycles. The van der Waals surface area contributed by atoms with E-state index in [0.717, 1.165) is 110 Å². The van der Waals surface area contributed by atoms with E-state index in [0.29, 0.717) is 11.9 Å². The number of rotatable bonds is 8. The Bertz CT molecular complexity index is 3860. The van der Waals surface area contributed by atoms with Crippen LogP contribution in [0.5, 0.6) is 0 Å². The predicted molar refractivity (Wildman–Crippen MR) is 272 cm³/mol. The van der Waals surface area contributed by atoms with Gasteiger partial charge in [0.15, 0.2) is 0 Å². The van der Waals surface area contributed by atoms with E-state index < -0.39 is 0 Å². The first kappa shape index (κ1) is 38.5. The maximum Gasteiger partial charge on any atom is 0.235 e. The largest absolute Gasteiger partial charge is 0.278 e. The van der Waals surface area contributed by atoms with E-state index in [2.05, 4.69) is 155 Å². The van der Waals surface area contributed by atoms with Gasteiger partial charge in [-0.15, -0.1) is 10.2 Å². The number of hydrogen-bond donors (Lipinski definition) is 0. The number of aromatic nitrogens is 8. The van der Waals surface area contributed by atoms with E-state index in [1.807, 2.05) is 72.8 Å². The molecule has 5 aromatic heterocycles. The van der Waals surface area contributed by atoms with Gasteiger partial charge in [0.05, 0.1) is 44.8 Å². The molecule has 0 amide bonds. The minimum absolute atomic E-state index is 0.579. The molecule has 0 saturated heterocycles. The maximum absolute atomic E-state index is 5.30.